The van der Waals surface area contributed by atoms with Crippen molar-refractivity contribution in [2.45, 2.75) is 45.3 Å². The lowest BCUT2D eigenvalue weighted by Gasteiger charge is -2.27. The van der Waals surface area contributed by atoms with Gasteiger partial charge in [0.25, 0.3) is 0 Å². The number of nitrogens with one attached hydrogen (secondary N) is 1. The summed E-state index contributed by atoms with van der Waals surface area (Å²) >= 11 is 1.72. The molecule has 0 atom stereocenters. The van der Waals surface area contributed by atoms with Crippen molar-refractivity contribution in [3.05, 3.63) is 40.7 Å². The normalized spacial score (nSPS) is 17.0. The summed E-state index contributed by atoms with van der Waals surface area (Å²) in [5.74, 6) is 0.246. The second kappa shape index (κ2) is 8.08. The van der Waals surface area contributed by atoms with Gasteiger partial charge in [0, 0.05) is 51.1 Å². The number of amides is 1. The number of carbonyl (C=O) groups is 1. The Morgan fingerprint density at radius 3 is 2.93 bits per heavy atom. The molecule has 0 saturated carbocycles. The molecule has 152 valence electrons. The van der Waals surface area contributed by atoms with Crippen molar-refractivity contribution in [2.75, 3.05) is 19.6 Å². The van der Waals surface area contributed by atoms with Gasteiger partial charge in [-0.15, -0.1) is 16.4 Å². The first-order valence-electron chi connectivity index (χ1n) is 10.3. The molecular weight excluding hydrogens is 386 g/mol. The second-order valence-corrected chi connectivity index (χ2v) is 8.70. The standard InChI is InChI=1S/C20H25N7OS/c28-19(26-7-1-2-8-26)6-5-16-17-14-25(9-10-27(17)24-22-16)13-15-12-21-23-20(15)18-4-3-11-29-18/h3-4,11-12H,1-2,5-10,13-14H2,(H,21,23). The lowest BCUT2D eigenvalue weighted by atomic mass is 10.1. The van der Waals surface area contributed by atoms with E-state index in [4.69, 9.17) is 0 Å². The molecule has 1 amide bonds. The molecule has 1 saturated heterocycles. The summed E-state index contributed by atoms with van der Waals surface area (Å²) in [5.41, 5.74) is 4.42. The van der Waals surface area contributed by atoms with Crippen LogP contribution in [-0.4, -0.2) is 60.5 Å². The lowest BCUT2D eigenvalue weighted by Crippen LogP contribution is -2.34. The van der Waals surface area contributed by atoms with E-state index in [9.17, 15) is 4.79 Å². The minimum Gasteiger partial charge on any atom is -0.343 e. The number of aromatic nitrogens is 5. The molecule has 3 aromatic rings. The van der Waals surface area contributed by atoms with Gasteiger partial charge in [-0.2, -0.15) is 5.10 Å². The monoisotopic (exact) mass is 411 g/mol. The fourth-order valence-electron chi connectivity index (χ4n) is 4.23. The molecule has 0 unspecified atom stereocenters. The molecule has 2 aliphatic heterocycles. The molecule has 5 rings (SSSR count). The van der Waals surface area contributed by atoms with E-state index < -0.39 is 0 Å². The SMILES string of the molecule is O=C(CCc1nnn2c1CN(Cc1cn[nH]c1-c1cccs1)CC2)N1CCCC1. The van der Waals surface area contributed by atoms with Crippen molar-refractivity contribution in [1.82, 2.24) is 35.0 Å². The van der Waals surface area contributed by atoms with Crippen LogP contribution in [0.15, 0.2) is 23.7 Å². The van der Waals surface area contributed by atoms with Crippen molar-refractivity contribution < 1.29 is 4.79 Å². The fraction of sp³-hybridized carbons (Fsp3) is 0.500. The number of aryl methyl sites for hydroxylation is 1. The van der Waals surface area contributed by atoms with Gasteiger partial charge < -0.3 is 4.90 Å². The van der Waals surface area contributed by atoms with Crippen LogP contribution in [0.2, 0.25) is 0 Å². The van der Waals surface area contributed by atoms with Crippen molar-refractivity contribution in [2.24, 2.45) is 0 Å². The number of nitrogens with zero attached hydrogens (tertiary/aromatic N) is 6. The first kappa shape index (κ1) is 18.5. The average Bonchev–Trinajstić information content (AvgIpc) is 3.53. The Balaban J connectivity index is 1.25. The maximum Gasteiger partial charge on any atom is 0.222 e. The van der Waals surface area contributed by atoms with E-state index in [0.717, 1.165) is 69.2 Å². The highest BCUT2D eigenvalue weighted by molar-refractivity contribution is 7.13. The van der Waals surface area contributed by atoms with E-state index >= 15 is 0 Å². The minimum absolute atomic E-state index is 0.246. The fourth-order valence-corrected chi connectivity index (χ4v) is 4.99. The number of thiophene rings is 1. The largest absolute Gasteiger partial charge is 0.343 e. The van der Waals surface area contributed by atoms with Crippen molar-refractivity contribution in [1.29, 1.82) is 0 Å². The topological polar surface area (TPSA) is 82.9 Å². The van der Waals surface area contributed by atoms with Crippen LogP contribution in [0.5, 0.6) is 0 Å². The summed E-state index contributed by atoms with van der Waals surface area (Å²) in [4.78, 5) is 18.0. The maximum absolute atomic E-state index is 12.4. The Bertz CT molecular complexity index is 971. The molecule has 1 N–H and O–H groups in total. The molecule has 0 aromatic carbocycles. The summed E-state index contributed by atoms with van der Waals surface area (Å²) in [7, 11) is 0. The van der Waals surface area contributed by atoms with E-state index in [0.29, 0.717) is 12.8 Å². The highest BCUT2D eigenvalue weighted by Gasteiger charge is 2.24. The number of likely N-dealkylation sites (tertiary alicyclic amines) is 1. The number of fused-ring (bicyclic) bond motifs is 1. The van der Waals surface area contributed by atoms with Gasteiger partial charge in [-0.1, -0.05) is 11.3 Å². The molecule has 8 nitrogen and oxygen atoms in total. The summed E-state index contributed by atoms with van der Waals surface area (Å²) in [5, 5.41) is 18.2. The van der Waals surface area contributed by atoms with Gasteiger partial charge in [-0.05, 0) is 24.3 Å². The van der Waals surface area contributed by atoms with Crippen molar-refractivity contribution >= 4 is 17.2 Å². The molecule has 3 aromatic heterocycles. The summed E-state index contributed by atoms with van der Waals surface area (Å²) in [6.07, 6.45) is 5.38. The molecule has 9 heteroatoms. The zero-order valence-corrected chi connectivity index (χ0v) is 17.2. The first-order valence-corrected chi connectivity index (χ1v) is 11.1. The van der Waals surface area contributed by atoms with Gasteiger partial charge in [0.05, 0.1) is 34.7 Å². The van der Waals surface area contributed by atoms with Crippen LogP contribution in [0.3, 0.4) is 0 Å². The van der Waals surface area contributed by atoms with Crippen LogP contribution in [0, 0.1) is 0 Å². The van der Waals surface area contributed by atoms with Crippen LogP contribution in [0.1, 0.15) is 36.2 Å². The highest BCUT2D eigenvalue weighted by Crippen LogP contribution is 2.27. The second-order valence-electron chi connectivity index (χ2n) is 7.75. The third-order valence-electron chi connectivity index (χ3n) is 5.83. The Morgan fingerprint density at radius 1 is 1.21 bits per heavy atom. The minimum atomic E-state index is 0.246. The van der Waals surface area contributed by atoms with Crippen LogP contribution in [0.25, 0.3) is 10.6 Å². The predicted octanol–water partition coefficient (Wildman–Crippen LogP) is 2.30. The molecule has 29 heavy (non-hydrogen) atoms. The van der Waals surface area contributed by atoms with E-state index in [1.807, 2.05) is 15.8 Å². The molecular formula is C20H25N7OS. The van der Waals surface area contributed by atoms with Gasteiger partial charge in [-0.25, -0.2) is 4.68 Å². The Hall–Kier alpha value is -2.52. The molecule has 0 radical (unpaired) electrons. The molecule has 0 bridgehead atoms. The third kappa shape index (κ3) is 3.84. The van der Waals surface area contributed by atoms with Gasteiger partial charge >= 0.3 is 0 Å². The maximum atomic E-state index is 12.4. The zero-order chi connectivity index (χ0) is 19.6. The number of hydrogen-bond acceptors (Lipinski definition) is 6. The predicted molar refractivity (Wildman–Crippen MR) is 110 cm³/mol. The number of carbonyl (C=O) groups excluding carboxylic acids is 1. The lowest BCUT2D eigenvalue weighted by molar-refractivity contribution is -0.130. The van der Waals surface area contributed by atoms with Gasteiger partial charge in [0.15, 0.2) is 0 Å². The van der Waals surface area contributed by atoms with Crippen LogP contribution in [0.4, 0.5) is 0 Å². The van der Waals surface area contributed by atoms with Crippen LogP contribution < -0.4 is 0 Å². The quantitative estimate of drug-likeness (QED) is 0.673. The average molecular weight is 412 g/mol. The summed E-state index contributed by atoms with van der Waals surface area (Å²) in [6.45, 7) is 5.20. The van der Waals surface area contributed by atoms with Crippen LogP contribution >= 0.6 is 11.3 Å². The van der Waals surface area contributed by atoms with Gasteiger partial charge in [-0.3, -0.25) is 14.8 Å². The van der Waals surface area contributed by atoms with Crippen LogP contribution in [-0.2, 0) is 30.8 Å². The van der Waals surface area contributed by atoms with Gasteiger partial charge in [0.1, 0.15) is 0 Å². The summed E-state index contributed by atoms with van der Waals surface area (Å²) < 4.78 is 2.00. The summed E-state index contributed by atoms with van der Waals surface area (Å²) in [6, 6.07) is 4.18. The number of rotatable bonds is 6. The molecule has 2 aliphatic rings. The molecule has 0 aliphatic carbocycles. The molecule has 5 heterocycles. The molecule has 0 spiro atoms. The van der Waals surface area contributed by atoms with Crippen molar-refractivity contribution in [3.8, 4) is 10.6 Å². The van der Waals surface area contributed by atoms with E-state index in [2.05, 4.69) is 42.9 Å². The first-order chi connectivity index (χ1) is 14.3. The number of aromatic amines is 1. The number of hydrogen-bond donors (Lipinski definition) is 1. The Kier molecular flexibility index (Phi) is 5.15. The van der Waals surface area contributed by atoms with E-state index in [1.54, 1.807) is 11.3 Å². The highest BCUT2D eigenvalue weighted by atomic mass is 32.1. The Morgan fingerprint density at radius 2 is 2.10 bits per heavy atom. The third-order valence-corrected chi connectivity index (χ3v) is 6.72. The number of H-pyrrole nitrogens is 1. The van der Waals surface area contributed by atoms with E-state index in [-0.39, 0.29) is 5.91 Å². The van der Waals surface area contributed by atoms with Crippen molar-refractivity contribution in [3.63, 3.8) is 0 Å². The van der Waals surface area contributed by atoms with Gasteiger partial charge in [0.2, 0.25) is 5.91 Å². The Labute approximate surface area is 173 Å². The smallest absolute Gasteiger partial charge is 0.222 e. The van der Waals surface area contributed by atoms with E-state index in [1.165, 1.54) is 10.4 Å². The molecule has 1 fully saturated rings. The zero-order valence-electron chi connectivity index (χ0n) is 16.4.